The Kier molecular flexibility index (Phi) is 12.6. The van der Waals surface area contributed by atoms with Crippen molar-refractivity contribution in [3.8, 4) is 0 Å². The Morgan fingerprint density at radius 1 is 1.26 bits per heavy atom. The van der Waals surface area contributed by atoms with Crippen LogP contribution < -0.4 is 10.6 Å². The summed E-state index contributed by atoms with van der Waals surface area (Å²) < 4.78 is 13.3. The van der Waals surface area contributed by atoms with Crippen LogP contribution in [-0.2, 0) is 29.0 Å². The topological polar surface area (TPSA) is 72.7 Å². The van der Waals surface area contributed by atoms with Crippen LogP contribution in [0.2, 0.25) is 0 Å². The summed E-state index contributed by atoms with van der Waals surface area (Å²) in [5.74, 6) is 1.81. The summed E-state index contributed by atoms with van der Waals surface area (Å²) in [6.07, 6.45) is 8.28. The molecule has 172 valence electrons. The molecule has 2 heterocycles. The molecule has 1 aliphatic rings. The van der Waals surface area contributed by atoms with E-state index in [2.05, 4.69) is 57.4 Å². The third-order valence-electron chi connectivity index (χ3n) is 5.09. The fraction of sp³-hybridized carbons (Fsp3) is 0.565. The van der Waals surface area contributed by atoms with Gasteiger partial charge in [-0.15, -0.1) is 24.0 Å². The molecule has 2 aromatic rings. The lowest BCUT2D eigenvalue weighted by atomic mass is 10.1. The largest absolute Gasteiger partial charge is 0.379 e. The van der Waals surface area contributed by atoms with E-state index in [4.69, 9.17) is 14.5 Å². The van der Waals surface area contributed by atoms with Crippen LogP contribution in [0.4, 0.5) is 0 Å². The van der Waals surface area contributed by atoms with Gasteiger partial charge < -0.3 is 24.7 Å². The Bertz CT molecular complexity index is 747. The van der Waals surface area contributed by atoms with E-state index in [-0.39, 0.29) is 30.1 Å². The summed E-state index contributed by atoms with van der Waals surface area (Å²) in [6, 6.07) is 10.6. The highest BCUT2D eigenvalue weighted by molar-refractivity contribution is 14.0. The number of ether oxygens (including phenoxy) is 2. The molecule has 1 fully saturated rings. The van der Waals surface area contributed by atoms with E-state index in [1.807, 2.05) is 12.4 Å². The van der Waals surface area contributed by atoms with Gasteiger partial charge in [0.05, 0.1) is 12.7 Å². The van der Waals surface area contributed by atoms with Crippen LogP contribution in [0.1, 0.15) is 37.6 Å². The summed E-state index contributed by atoms with van der Waals surface area (Å²) in [6.45, 7) is 7.53. The second-order valence-corrected chi connectivity index (χ2v) is 7.46. The van der Waals surface area contributed by atoms with Gasteiger partial charge in [-0.3, -0.25) is 0 Å². The van der Waals surface area contributed by atoms with Gasteiger partial charge in [-0.2, -0.15) is 0 Å². The molecule has 31 heavy (non-hydrogen) atoms. The third kappa shape index (κ3) is 9.57. The molecule has 2 N–H and O–H groups in total. The fourth-order valence-corrected chi connectivity index (χ4v) is 3.46. The molecular weight excluding hydrogens is 505 g/mol. The standard InChI is InChI=1S/C23H35N5O2.HI/c1-2-24-23(26-12-7-16-30-21-11-17-29-19-21)27-18-22-25-13-15-28(22)14-6-10-20-8-4-3-5-9-20;/h3-5,8-9,13,15,21H,2,6-7,10-12,14,16-19H2,1H3,(H2,24,26,27);1H. The molecule has 8 heteroatoms. The van der Waals surface area contributed by atoms with E-state index in [1.54, 1.807) is 0 Å². The summed E-state index contributed by atoms with van der Waals surface area (Å²) in [5.41, 5.74) is 1.38. The number of hydrogen-bond donors (Lipinski definition) is 2. The quantitative estimate of drug-likeness (QED) is 0.187. The highest BCUT2D eigenvalue weighted by atomic mass is 127. The van der Waals surface area contributed by atoms with Crippen molar-refractivity contribution in [3.63, 3.8) is 0 Å². The van der Waals surface area contributed by atoms with E-state index in [9.17, 15) is 0 Å². The van der Waals surface area contributed by atoms with Crippen molar-refractivity contribution >= 4 is 29.9 Å². The maximum absolute atomic E-state index is 5.81. The predicted molar refractivity (Wildman–Crippen MR) is 135 cm³/mol. The molecule has 3 rings (SSSR count). The lowest BCUT2D eigenvalue weighted by Crippen LogP contribution is -2.38. The first-order valence-corrected chi connectivity index (χ1v) is 11.1. The number of halogens is 1. The van der Waals surface area contributed by atoms with Crippen molar-refractivity contribution in [2.24, 2.45) is 4.99 Å². The van der Waals surface area contributed by atoms with Crippen molar-refractivity contribution in [1.29, 1.82) is 0 Å². The highest BCUT2D eigenvalue weighted by Crippen LogP contribution is 2.08. The van der Waals surface area contributed by atoms with Gasteiger partial charge in [0.15, 0.2) is 5.96 Å². The first-order valence-electron chi connectivity index (χ1n) is 11.1. The minimum atomic E-state index is 0. The summed E-state index contributed by atoms with van der Waals surface area (Å²) in [7, 11) is 0. The number of rotatable bonds is 12. The number of aromatic nitrogens is 2. The van der Waals surface area contributed by atoms with Crippen molar-refractivity contribution in [1.82, 2.24) is 20.2 Å². The maximum Gasteiger partial charge on any atom is 0.191 e. The number of hydrogen-bond acceptors (Lipinski definition) is 4. The number of benzene rings is 1. The third-order valence-corrected chi connectivity index (χ3v) is 5.09. The average Bonchev–Trinajstić information content (AvgIpc) is 3.44. The Labute approximate surface area is 203 Å². The predicted octanol–water partition coefficient (Wildman–Crippen LogP) is 3.38. The van der Waals surface area contributed by atoms with E-state index in [1.165, 1.54) is 5.56 Å². The number of nitrogens with zero attached hydrogens (tertiary/aromatic N) is 3. The van der Waals surface area contributed by atoms with E-state index >= 15 is 0 Å². The van der Waals surface area contributed by atoms with Gasteiger partial charge in [0.1, 0.15) is 12.4 Å². The van der Waals surface area contributed by atoms with Gasteiger partial charge in [-0.1, -0.05) is 30.3 Å². The van der Waals surface area contributed by atoms with E-state index in [0.29, 0.717) is 6.54 Å². The van der Waals surface area contributed by atoms with Gasteiger partial charge >= 0.3 is 0 Å². The molecule has 0 aliphatic carbocycles. The first kappa shape index (κ1) is 25.6. The fourth-order valence-electron chi connectivity index (χ4n) is 3.46. The lowest BCUT2D eigenvalue weighted by molar-refractivity contribution is 0.0420. The molecule has 0 radical (unpaired) electrons. The van der Waals surface area contributed by atoms with Crippen LogP contribution >= 0.6 is 24.0 Å². The molecular formula is C23H36IN5O2. The maximum atomic E-state index is 5.81. The Hall–Kier alpha value is -1.65. The molecule has 7 nitrogen and oxygen atoms in total. The Morgan fingerprint density at radius 2 is 2.13 bits per heavy atom. The summed E-state index contributed by atoms with van der Waals surface area (Å²) >= 11 is 0. The number of guanidine groups is 1. The molecule has 1 saturated heterocycles. The Balaban J connectivity index is 0.00000341. The summed E-state index contributed by atoms with van der Waals surface area (Å²) in [4.78, 5) is 9.20. The minimum absolute atomic E-state index is 0. The van der Waals surface area contributed by atoms with Crippen LogP contribution in [0, 0.1) is 0 Å². The summed E-state index contributed by atoms with van der Waals surface area (Å²) in [5, 5.41) is 6.69. The number of imidazole rings is 1. The van der Waals surface area contributed by atoms with Crippen LogP contribution in [0.3, 0.4) is 0 Å². The molecule has 0 saturated carbocycles. The molecule has 1 unspecified atom stereocenters. The molecule has 1 aromatic heterocycles. The molecule has 1 atom stereocenters. The normalized spacial score (nSPS) is 16.2. The van der Waals surface area contributed by atoms with Crippen LogP contribution in [0.25, 0.3) is 0 Å². The number of nitrogens with one attached hydrogen (secondary N) is 2. The van der Waals surface area contributed by atoms with Gasteiger partial charge in [0, 0.05) is 45.2 Å². The average molecular weight is 541 g/mol. The number of aliphatic imine (C=N–C) groups is 1. The Morgan fingerprint density at radius 3 is 2.90 bits per heavy atom. The van der Waals surface area contributed by atoms with Crippen LogP contribution in [-0.4, -0.2) is 54.5 Å². The van der Waals surface area contributed by atoms with E-state index < -0.39 is 0 Å². The molecule has 0 spiro atoms. The number of aryl methyl sites for hydroxylation is 2. The second kappa shape index (κ2) is 15.2. The van der Waals surface area contributed by atoms with Crippen LogP contribution in [0.15, 0.2) is 47.7 Å². The van der Waals surface area contributed by atoms with Gasteiger partial charge in [-0.25, -0.2) is 9.98 Å². The minimum Gasteiger partial charge on any atom is -0.379 e. The van der Waals surface area contributed by atoms with Crippen LogP contribution in [0.5, 0.6) is 0 Å². The van der Waals surface area contributed by atoms with Crippen molar-refractivity contribution in [2.45, 2.75) is 51.8 Å². The highest BCUT2D eigenvalue weighted by Gasteiger charge is 2.15. The van der Waals surface area contributed by atoms with Gasteiger partial charge in [0.25, 0.3) is 0 Å². The van der Waals surface area contributed by atoms with Crippen molar-refractivity contribution in [3.05, 3.63) is 54.1 Å². The molecule has 0 bridgehead atoms. The molecule has 1 aliphatic heterocycles. The molecule has 1 aromatic carbocycles. The van der Waals surface area contributed by atoms with Crippen molar-refractivity contribution in [2.75, 3.05) is 32.9 Å². The zero-order valence-electron chi connectivity index (χ0n) is 18.5. The van der Waals surface area contributed by atoms with Gasteiger partial charge in [-0.05, 0) is 38.2 Å². The van der Waals surface area contributed by atoms with Crippen molar-refractivity contribution < 1.29 is 9.47 Å². The zero-order valence-corrected chi connectivity index (χ0v) is 20.8. The molecule has 0 amide bonds. The SMILES string of the molecule is CCNC(=NCc1nccn1CCCc1ccccc1)NCCCOC1CCOC1.I. The second-order valence-electron chi connectivity index (χ2n) is 7.46. The lowest BCUT2D eigenvalue weighted by Gasteiger charge is -2.13. The zero-order chi connectivity index (χ0) is 20.9. The van der Waals surface area contributed by atoms with E-state index in [0.717, 1.165) is 76.9 Å². The monoisotopic (exact) mass is 541 g/mol. The smallest absolute Gasteiger partial charge is 0.191 e. The van der Waals surface area contributed by atoms with Gasteiger partial charge in [0.2, 0.25) is 0 Å². The first-order chi connectivity index (χ1) is 14.8.